The van der Waals surface area contributed by atoms with Crippen LogP contribution in [-0.4, -0.2) is 16.3 Å². The molecule has 0 amide bonds. The second-order valence-corrected chi connectivity index (χ2v) is 6.15. The highest BCUT2D eigenvalue weighted by atomic mass is 79.9. The third-order valence-corrected chi connectivity index (χ3v) is 4.07. The minimum absolute atomic E-state index is 0.175. The number of rotatable bonds is 6. The van der Waals surface area contributed by atoms with E-state index in [1.807, 2.05) is 30.8 Å². The predicted molar refractivity (Wildman–Crippen MR) is 86.8 cm³/mol. The first-order valence-corrected chi connectivity index (χ1v) is 7.98. The summed E-state index contributed by atoms with van der Waals surface area (Å²) in [6.45, 7) is 5.08. The molecule has 1 atom stereocenters. The van der Waals surface area contributed by atoms with E-state index < -0.39 is 0 Å². The van der Waals surface area contributed by atoms with Gasteiger partial charge in [0.2, 0.25) is 0 Å². The van der Waals surface area contributed by atoms with Crippen LogP contribution >= 0.6 is 15.9 Å². The van der Waals surface area contributed by atoms with Gasteiger partial charge in [0, 0.05) is 7.05 Å². The highest BCUT2D eigenvalue weighted by molar-refractivity contribution is 9.10. The van der Waals surface area contributed by atoms with Crippen molar-refractivity contribution in [3.63, 3.8) is 0 Å². The van der Waals surface area contributed by atoms with Crippen LogP contribution in [-0.2, 0) is 13.5 Å². The van der Waals surface area contributed by atoms with Gasteiger partial charge in [-0.1, -0.05) is 13.0 Å². The Morgan fingerprint density at radius 1 is 1.38 bits per heavy atom. The van der Waals surface area contributed by atoms with E-state index in [2.05, 4.69) is 39.3 Å². The van der Waals surface area contributed by atoms with Crippen LogP contribution in [0.3, 0.4) is 0 Å². The lowest BCUT2D eigenvalue weighted by atomic mass is 10.0. The van der Waals surface area contributed by atoms with Crippen LogP contribution < -0.4 is 5.32 Å². The zero-order valence-corrected chi connectivity index (χ0v) is 14.2. The number of aryl methyl sites for hydroxylation is 2. The van der Waals surface area contributed by atoms with Crippen molar-refractivity contribution in [1.29, 1.82) is 0 Å². The van der Waals surface area contributed by atoms with Gasteiger partial charge in [0.15, 0.2) is 0 Å². The second kappa shape index (κ2) is 7.18. The van der Waals surface area contributed by atoms with Crippen LogP contribution in [0.2, 0.25) is 0 Å². The molecule has 21 heavy (non-hydrogen) atoms. The fourth-order valence-electron chi connectivity index (χ4n) is 2.46. The number of halogens is 2. The lowest BCUT2D eigenvalue weighted by molar-refractivity contribution is 0.492. The standard InChI is InChI=1S/C16H21BrFN3/c1-4-7-19-15(16-8-11(2)20-21(16)3)10-12-5-6-14(18)13(17)9-12/h5-6,8-9,15,19H,4,7,10H2,1-3H3. The van der Waals surface area contributed by atoms with E-state index in [1.54, 1.807) is 0 Å². The molecule has 0 aliphatic heterocycles. The van der Waals surface area contributed by atoms with Crippen molar-refractivity contribution in [2.24, 2.45) is 7.05 Å². The van der Waals surface area contributed by atoms with Crippen molar-refractivity contribution in [2.75, 3.05) is 6.54 Å². The summed E-state index contributed by atoms with van der Waals surface area (Å²) in [5, 5.41) is 7.97. The summed E-state index contributed by atoms with van der Waals surface area (Å²) < 4.78 is 15.8. The molecular weight excluding hydrogens is 333 g/mol. The monoisotopic (exact) mass is 353 g/mol. The molecule has 0 fully saturated rings. The van der Waals surface area contributed by atoms with Crippen molar-refractivity contribution in [3.05, 3.63) is 51.5 Å². The largest absolute Gasteiger partial charge is 0.308 e. The van der Waals surface area contributed by atoms with Crippen LogP contribution in [0.15, 0.2) is 28.7 Å². The minimum Gasteiger partial charge on any atom is -0.308 e. The van der Waals surface area contributed by atoms with Gasteiger partial charge in [-0.3, -0.25) is 4.68 Å². The smallest absolute Gasteiger partial charge is 0.137 e. The average Bonchev–Trinajstić information content (AvgIpc) is 2.77. The molecular formula is C16H21BrFN3. The fourth-order valence-corrected chi connectivity index (χ4v) is 2.89. The van der Waals surface area contributed by atoms with Crippen LogP contribution in [0.5, 0.6) is 0 Å². The van der Waals surface area contributed by atoms with E-state index in [0.717, 1.165) is 36.3 Å². The molecule has 0 spiro atoms. The molecule has 1 heterocycles. The van der Waals surface area contributed by atoms with Crippen molar-refractivity contribution in [1.82, 2.24) is 15.1 Å². The predicted octanol–water partition coefficient (Wildman–Crippen LogP) is 3.91. The summed E-state index contributed by atoms with van der Waals surface area (Å²) in [5.41, 5.74) is 3.26. The SMILES string of the molecule is CCCNC(Cc1ccc(F)c(Br)c1)c1cc(C)nn1C. The Kier molecular flexibility index (Phi) is 5.53. The Morgan fingerprint density at radius 3 is 2.71 bits per heavy atom. The summed E-state index contributed by atoms with van der Waals surface area (Å²) in [4.78, 5) is 0. The maximum absolute atomic E-state index is 13.4. The van der Waals surface area contributed by atoms with Crippen LogP contribution in [0.4, 0.5) is 4.39 Å². The van der Waals surface area contributed by atoms with E-state index in [4.69, 9.17) is 0 Å². The lowest BCUT2D eigenvalue weighted by Crippen LogP contribution is -2.26. The first kappa shape index (κ1) is 16.2. The summed E-state index contributed by atoms with van der Waals surface area (Å²) in [6.07, 6.45) is 1.87. The normalized spacial score (nSPS) is 12.6. The van der Waals surface area contributed by atoms with Crippen molar-refractivity contribution < 1.29 is 4.39 Å². The maximum atomic E-state index is 13.4. The fraction of sp³-hybridized carbons (Fsp3) is 0.438. The summed E-state index contributed by atoms with van der Waals surface area (Å²) in [5.74, 6) is -0.229. The van der Waals surface area contributed by atoms with Crippen molar-refractivity contribution >= 4 is 15.9 Å². The molecule has 0 saturated carbocycles. The van der Waals surface area contributed by atoms with Gasteiger partial charge in [0.1, 0.15) is 5.82 Å². The average molecular weight is 354 g/mol. The van der Waals surface area contributed by atoms with Gasteiger partial charge in [0.25, 0.3) is 0 Å². The Balaban J connectivity index is 2.23. The topological polar surface area (TPSA) is 29.9 Å². The molecule has 0 radical (unpaired) electrons. The Labute approximate surface area is 133 Å². The van der Waals surface area contributed by atoms with Gasteiger partial charge in [0.05, 0.1) is 21.9 Å². The molecule has 1 unspecified atom stereocenters. The third-order valence-electron chi connectivity index (χ3n) is 3.46. The minimum atomic E-state index is -0.229. The lowest BCUT2D eigenvalue weighted by Gasteiger charge is -2.19. The van der Waals surface area contributed by atoms with Gasteiger partial charge >= 0.3 is 0 Å². The van der Waals surface area contributed by atoms with Gasteiger partial charge in [-0.25, -0.2) is 4.39 Å². The van der Waals surface area contributed by atoms with Crippen molar-refractivity contribution in [3.8, 4) is 0 Å². The molecule has 2 rings (SSSR count). The molecule has 3 nitrogen and oxygen atoms in total. The van der Waals surface area contributed by atoms with Gasteiger partial charge in [-0.05, 0) is 66.0 Å². The molecule has 114 valence electrons. The second-order valence-electron chi connectivity index (χ2n) is 5.29. The third kappa shape index (κ3) is 4.14. The van der Waals surface area contributed by atoms with E-state index in [1.165, 1.54) is 6.07 Å². The van der Waals surface area contributed by atoms with E-state index in [0.29, 0.717) is 4.47 Å². The number of benzene rings is 1. The molecule has 1 aromatic carbocycles. The molecule has 0 saturated heterocycles. The van der Waals surface area contributed by atoms with E-state index >= 15 is 0 Å². The Morgan fingerprint density at radius 2 is 2.14 bits per heavy atom. The van der Waals surface area contributed by atoms with Gasteiger partial charge in [-0.2, -0.15) is 5.10 Å². The number of hydrogen-bond donors (Lipinski definition) is 1. The summed E-state index contributed by atoms with van der Waals surface area (Å²) in [6, 6.07) is 7.47. The molecule has 0 aliphatic rings. The molecule has 1 N–H and O–H groups in total. The number of nitrogens with one attached hydrogen (secondary N) is 1. The van der Waals surface area contributed by atoms with E-state index in [9.17, 15) is 4.39 Å². The summed E-state index contributed by atoms with van der Waals surface area (Å²) in [7, 11) is 1.96. The summed E-state index contributed by atoms with van der Waals surface area (Å²) >= 11 is 3.25. The molecule has 0 bridgehead atoms. The Hall–Kier alpha value is -1.20. The quantitative estimate of drug-likeness (QED) is 0.852. The maximum Gasteiger partial charge on any atom is 0.137 e. The Bertz CT molecular complexity index is 610. The van der Waals surface area contributed by atoms with Crippen LogP contribution in [0.25, 0.3) is 0 Å². The van der Waals surface area contributed by atoms with Gasteiger partial charge < -0.3 is 5.32 Å². The molecule has 0 aliphatic carbocycles. The highest BCUT2D eigenvalue weighted by Crippen LogP contribution is 2.23. The van der Waals surface area contributed by atoms with Gasteiger partial charge in [-0.15, -0.1) is 0 Å². The van der Waals surface area contributed by atoms with Crippen molar-refractivity contribution in [2.45, 2.75) is 32.7 Å². The zero-order chi connectivity index (χ0) is 15.4. The van der Waals surface area contributed by atoms with Crippen LogP contribution in [0.1, 0.15) is 36.3 Å². The van der Waals surface area contributed by atoms with E-state index in [-0.39, 0.29) is 11.9 Å². The first-order valence-electron chi connectivity index (χ1n) is 7.19. The number of nitrogens with zero attached hydrogens (tertiary/aromatic N) is 2. The molecule has 1 aromatic heterocycles. The first-order chi connectivity index (χ1) is 10.0. The molecule has 2 aromatic rings. The number of hydrogen-bond acceptors (Lipinski definition) is 2. The molecule has 5 heteroatoms. The zero-order valence-electron chi connectivity index (χ0n) is 12.7. The highest BCUT2D eigenvalue weighted by Gasteiger charge is 2.16. The van der Waals surface area contributed by atoms with Crippen LogP contribution in [0, 0.1) is 12.7 Å². The number of aromatic nitrogens is 2.